The average molecular weight is 477 g/mol. The Morgan fingerprint density at radius 1 is 1.03 bits per heavy atom. The second kappa shape index (κ2) is 10.4. The van der Waals surface area contributed by atoms with E-state index in [1.165, 1.54) is 0 Å². The van der Waals surface area contributed by atoms with Crippen LogP contribution < -0.4 is 15.4 Å². The molecule has 0 bridgehead atoms. The Kier molecular flexibility index (Phi) is 7.11. The molecule has 0 radical (unpaired) electrons. The van der Waals surface area contributed by atoms with Crippen LogP contribution in [-0.4, -0.2) is 51.5 Å². The Labute approximate surface area is 203 Å². The number of benzene rings is 2. The van der Waals surface area contributed by atoms with Gasteiger partial charge in [0.05, 0.1) is 18.5 Å². The molecule has 2 heterocycles. The first-order valence-corrected chi connectivity index (χ1v) is 11.1. The number of aromatic nitrogens is 4. The van der Waals surface area contributed by atoms with E-state index in [0.29, 0.717) is 36.0 Å². The zero-order chi connectivity index (χ0) is 24.8. The maximum absolute atomic E-state index is 12.1. The molecule has 0 aliphatic carbocycles. The van der Waals surface area contributed by atoms with Crippen molar-refractivity contribution in [2.24, 2.45) is 0 Å². The lowest BCUT2D eigenvalue weighted by atomic mass is 10.2. The SMILES string of the molecule is COCCOc1ccc(Nc2ncc3ncn(-c4cccc(NC(=O)OC(C)(C)C)c4)c3n2)cc1. The second-order valence-electron chi connectivity index (χ2n) is 8.68. The van der Waals surface area contributed by atoms with E-state index in [9.17, 15) is 4.79 Å². The highest BCUT2D eigenvalue weighted by molar-refractivity contribution is 5.85. The van der Waals surface area contributed by atoms with Crippen molar-refractivity contribution in [3.05, 3.63) is 61.1 Å². The lowest BCUT2D eigenvalue weighted by molar-refractivity contribution is 0.0636. The zero-order valence-corrected chi connectivity index (χ0v) is 20.1. The second-order valence-corrected chi connectivity index (χ2v) is 8.68. The Morgan fingerprint density at radius 3 is 2.57 bits per heavy atom. The van der Waals surface area contributed by atoms with Crippen LogP contribution in [0.2, 0.25) is 0 Å². The van der Waals surface area contributed by atoms with Crippen LogP contribution in [0.4, 0.5) is 22.1 Å². The number of hydrogen-bond acceptors (Lipinski definition) is 8. The predicted molar refractivity (Wildman–Crippen MR) is 134 cm³/mol. The first-order valence-electron chi connectivity index (χ1n) is 11.1. The first kappa shape index (κ1) is 24.0. The molecular weight excluding hydrogens is 448 g/mol. The number of nitrogens with one attached hydrogen (secondary N) is 2. The average Bonchev–Trinajstić information content (AvgIpc) is 3.23. The summed E-state index contributed by atoms with van der Waals surface area (Å²) in [5, 5.41) is 5.96. The summed E-state index contributed by atoms with van der Waals surface area (Å²) in [6.45, 7) is 6.47. The highest BCUT2D eigenvalue weighted by atomic mass is 16.6. The van der Waals surface area contributed by atoms with E-state index in [0.717, 1.165) is 17.1 Å². The summed E-state index contributed by atoms with van der Waals surface area (Å²) >= 11 is 0. The minimum Gasteiger partial charge on any atom is -0.491 e. The van der Waals surface area contributed by atoms with Gasteiger partial charge in [-0.15, -0.1) is 0 Å². The van der Waals surface area contributed by atoms with E-state index in [4.69, 9.17) is 14.2 Å². The lowest BCUT2D eigenvalue weighted by Crippen LogP contribution is -2.27. The van der Waals surface area contributed by atoms with Gasteiger partial charge in [-0.2, -0.15) is 4.98 Å². The van der Waals surface area contributed by atoms with Gasteiger partial charge in [0.1, 0.15) is 29.8 Å². The Balaban J connectivity index is 1.51. The molecule has 182 valence electrons. The van der Waals surface area contributed by atoms with E-state index >= 15 is 0 Å². The smallest absolute Gasteiger partial charge is 0.412 e. The number of ether oxygens (including phenoxy) is 3. The van der Waals surface area contributed by atoms with E-state index in [1.54, 1.807) is 25.7 Å². The van der Waals surface area contributed by atoms with E-state index < -0.39 is 11.7 Å². The van der Waals surface area contributed by atoms with Crippen molar-refractivity contribution < 1.29 is 19.0 Å². The number of anilines is 3. The molecule has 1 amide bonds. The minimum absolute atomic E-state index is 0.426. The number of hydrogen-bond donors (Lipinski definition) is 2. The van der Waals surface area contributed by atoms with Crippen molar-refractivity contribution in [1.29, 1.82) is 0 Å². The summed E-state index contributed by atoms with van der Waals surface area (Å²) in [4.78, 5) is 25.6. The fourth-order valence-corrected chi connectivity index (χ4v) is 3.22. The molecule has 0 fully saturated rings. The topological polar surface area (TPSA) is 112 Å². The van der Waals surface area contributed by atoms with Crippen molar-refractivity contribution in [1.82, 2.24) is 19.5 Å². The van der Waals surface area contributed by atoms with E-state index in [-0.39, 0.29) is 0 Å². The van der Waals surface area contributed by atoms with E-state index in [1.807, 2.05) is 67.8 Å². The monoisotopic (exact) mass is 476 g/mol. The predicted octanol–water partition coefficient (Wildman–Crippen LogP) is 4.93. The number of carbonyl (C=O) groups excluding carboxylic acids is 1. The molecule has 2 aromatic carbocycles. The molecule has 4 aromatic rings. The fraction of sp³-hybridized carbons (Fsp3) is 0.280. The molecule has 0 unspecified atom stereocenters. The number of amides is 1. The van der Waals surface area contributed by atoms with Crippen molar-refractivity contribution in [2.75, 3.05) is 31.0 Å². The van der Waals surface area contributed by atoms with Crippen LogP contribution in [0.3, 0.4) is 0 Å². The molecule has 4 rings (SSSR count). The summed E-state index contributed by atoms with van der Waals surface area (Å²) in [6.07, 6.45) is 2.81. The van der Waals surface area contributed by atoms with Crippen LogP contribution >= 0.6 is 0 Å². The Hall–Kier alpha value is -4.18. The lowest BCUT2D eigenvalue weighted by Gasteiger charge is -2.19. The van der Waals surface area contributed by atoms with Gasteiger partial charge in [-0.25, -0.2) is 14.8 Å². The fourth-order valence-electron chi connectivity index (χ4n) is 3.22. The molecule has 10 heteroatoms. The van der Waals surface area contributed by atoms with Gasteiger partial charge in [-0.1, -0.05) is 6.07 Å². The van der Waals surface area contributed by atoms with Crippen LogP contribution in [0.15, 0.2) is 61.1 Å². The highest BCUT2D eigenvalue weighted by Crippen LogP contribution is 2.23. The number of imidazole rings is 1. The number of carbonyl (C=O) groups is 1. The van der Waals surface area contributed by atoms with Crippen molar-refractivity contribution in [3.63, 3.8) is 0 Å². The Morgan fingerprint density at radius 2 is 1.83 bits per heavy atom. The molecule has 0 spiro atoms. The van der Waals surface area contributed by atoms with Crippen LogP contribution in [-0.2, 0) is 9.47 Å². The van der Waals surface area contributed by atoms with Gasteiger partial charge in [0, 0.05) is 18.5 Å². The first-order chi connectivity index (χ1) is 16.8. The van der Waals surface area contributed by atoms with Crippen molar-refractivity contribution in [2.45, 2.75) is 26.4 Å². The van der Waals surface area contributed by atoms with Gasteiger partial charge in [-0.3, -0.25) is 9.88 Å². The summed E-state index contributed by atoms with van der Waals surface area (Å²) < 4.78 is 17.7. The van der Waals surface area contributed by atoms with Crippen LogP contribution in [0.25, 0.3) is 16.9 Å². The summed E-state index contributed by atoms with van der Waals surface area (Å²) in [6, 6.07) is 14.9. The summed E-state index contributed by atoms with van der Waals surface area (Å²) in [5.41, 5.74) is 2.87. The standard InChI is InChI=1S/C25H28N6O4/c1-25(2,3)35-24(32)29-18-6-5-7-19(14-18)31-16-27-21-15-26-23(30-22(21)31)28-17-8-10-20(11-9-17)34-13-12-33-4/h5-11,14-16H,12-13H2,1-4H3,(H,29,32)(H,26,28,30). The molecule has 35 heavy (non-hydrogen) atoms. The zero-order valence-electron chi connectivity index (χ0n) is 20.1. The number of rotatable bonds is 8. The molecule has 2 N–H and O–H groups in total. The largest absolute Gasteiger partial charge is 0.491 e. The minimum atomic E-state index is -0.583. The van der Waals surface area contributed by atoms with Crippen LogP contribution in [0.1, 0.15) is 20.8 Å². The normalized spacial score (nSPS) is 11.3. The summed E-state index contributed by atoms with van der Waals surface area (Å²) in [7, 11) is 1.64. The number of nitrogens with zero attached hydrogens (tertiary/aromatic N) is 4. The molecule has 0 saturated carbocycles. The molecule has 0 aliphatic heterocycles. The van der Waals surface area contributed by atoms with Gasteiger partial charge in [0.25, 0.3) is 0 Å². The van der Waals surface area contributed by atoms with Gasteiger partial charge in [-0.05, 0) is 63.2 Å². The Bertz CT molecular complexity index is 1300. The number of fused-ring (bicyclic) bond motifs is 1. The quantitative estimate of drug-likeness (QED) is 0.344. The number of methoxy groups -OCH3 is 1. The third-order valence-corrected chi connectivity index (χ3v) is 4.73. The van der Waals surface area contributed by atoms with Crippen LogP contribution in [0.5, 0.6) is 5.75 Å². The third-order valence-electron chi connectivity index (χ3n) is 4.73. The maximum Gasteiger partial charge on any atom is 0.412 e. The molecular formula is C25H28N6O4. The maximum atomic E-state index is 12.1. The summed E-state index contributed by atoms with van der Waals surface area (Å²) in [5.74, 6) is 1.18. The molecule has 0 atom stereocenters. The van der Waals surface area contributed by atoms with Gasteiger partial charge in [0.15, 0.2) is 5.65 Å². The molecule has 0 saturated heterocycles. The van der Waals surface area contributed by atoms with Crippen molar-refractivity contribution in [3.8, 4) is 11.4 Å². The molecule has 0 aliphatic rings. The molecule has 10 nitrogen and oxygen atoms in total. The van der Waals surface area contributed by atoms with Crippen LogP contribution in [0, 0.1) is 0 Å². The van der Waals surface area contributed by atoms with Gasteiger partial charge >= 0.3 is 6.09 Å². The third kappa shape index (κ3) is 6.45. The molecule has 2 aromatic heterocycles. The van der Waals surface area contributed by atoms with Gasteiger partial charge < -0.3 is 19.5 Å². The van der Waals surface area contributed by atoms with Gasteiger partial charge in [0.2, 0.25) is 5.95 Å². The highest BCUT2D eigenvalue weighted by Gasteiger charge is 2.16. The van der Waals surface area contributed by atoms with Crippen molar-refractivity contribution >= 4 is 34.6 Å². The van der Waals surface area contributed by atoms with E-state index in [2.05, 4.69) is 25.6 Å².